The average molecular weight is 400 g/mol. The van der Waals surface area contributed by atoms with Crippen LogP contribution in [0.15, 0.2) is 28.8 Å². The summed E-state index contributed by atoms with van der Waals surface area (Å²) in [5.74, 6) is 1.07. The maximum atomic E-state index is 6.18. The van der Waals surface area contributed by atoms with Crippen LogP contribution in [0.2, 0.25) is 0 Å². The van der Waals surface area contributed by atoms with E-state index in [2.05, 4.69) is 37.6 Å². The highest BCUT2D eigenvalue weighted by atomic mass is 127. The predicted molar refractivity (Wildman–Crippen MR) is 86.6 cm³/mol. The molecule has 0 aliphatic carbocycles. The molecule has 1 aliphatic heterocycles. The highest BCUT2D eigenvalue weighted by molar-refractivity contribution is 14.1. The van der Waals surface area contributed by atoms with Gasteiger partial charge in [-0.25, -0.2) is 0 Å². The molecule has 21 heavy (non-hydrogen) atoms. The molecule has 0 bridgehead atoms. The first-order valence-corrected chi connectivity index (χ1v) is 7.95. The largest absolute Gasteiger partial charge is 0.379 e. The summed E-state index contributed by atoms with van der Waals surface area (Å²) in [4.78, 5) is 6.68. The first kappa shape index (κ1) is 14.9. The van der Waals surface area contributed by atoms with Crippen LogP contribution in [0.5, 0.6) is 0 Å². The fourth-order valence-electron chi connectivity index (χ4n) is 2.27. The molecule has 1 atom stereocenters. The number of halogens is 1. The van der Waals surface area contributed by atoms with Crippen molar-refractivity contribution < 1.29 is 9.26 Å². The molecule has 112 valence electrons. The van der Waals surface area contributed by atoms with Crippen LogP contribution in [-0.4, -0.2) is 47.9 Å². The van der Waals surface area contributed by atoms with Gasteiger partial charge in [0.1, 0.15) is 0 Å². The Balaban J connectivity index is 1.69. The number of rotatable bonds is 4. The van der Waals surface area contributed by atoms with Crippen LogP contribution in [0, 0.1) is 3.57 Å². The number of aromatic nitrogens is 2. The highest BCUT2D eigenvalue weighted by Gasteiger charge is 2.20. The monoisotopic (exact) mass is 400 g/mol. The Morgan fingerprint density at radius 1 is 1.33 bits per heavy atom. The van der Waals surface area contributed by atoms with Crippen molar-refractivity contribution in [1.82, 2.24) is 15.0 Å². The normalized spacial score (nSPS) is 17.8. The highest BCUT2D eigenvalue weighted by Crippen LogP contribution is 2.21. The molecule has 1 fully saturated rings. The maximum Gasteiger partial charge on any atom is 0.258 e. The van der Waals surface area contributed by atoms with Crippen LogP contribution in [-0.2, 0) is 4.74 Å². The van der Waals surface area contributed by atoms with E-state index in [1.807, 2.05) is 24.3 Å². The Morgan fingerprint density at radius 2 is 2.14 bits per heavy atom. The second-order valence-electron chi connectivity index (χ2n) is 4.99. The number of hydrogen-bond acceptors (Lipinski definition) is 6. The van der Waals surface area contributed by atoms with Gasteiger partial charge in [-0.05, 0) is 40.8 Å². The number of ether oxygens (including phenoxy) is 1. The maximum absolute atomic E-state index is 6.18. The summed E-state index contributed by atoms with van der Waals surface area (Å²) in [5, 5.41) is 4.02. The average Bonchev–Trinajstić information content (AvgIpc) is 2.98. The standard InChI is InChI=1S/C14H17IN4O2/c15-11-3-1-2-10(8-11)14-17-13(18-21-14)12(16)9-19-4-6-20-7-5-19/h1-3,8,12H,4-7,9,16H2. The number of morpholine rings is 1. The first-order valence-electron chi connectivity index (χ1n) is 6.87. The van der Waals surface area contributed by atoms with Crippen molar-refractivity contribution in [3.63, 3.8) is 0 Å². The summed E-state index contributed by atoms with van der Waals surface area (Å²) in [7, 11) is 0. The van der Waals surface area contributed by atoms with E-state index in [0.29, 0.717) is 18.3 Å². The molecule has 0 amide bonds. The molecular formula is C14H17IN4O2. The molecule has 2 N–H and O–H groups in total. The fraction of sp³-hybridized carbons (Fsp3) is 0.429. The quantitative estimate of drug-likeness (QED) is 0.788. The van der Waals surface area contributed by atoms with E-state index in [1.54, 1.807) is 0 Å². The fourth-order valence-corrected chi connectivity index (χ4v) is 2.81. The van der Waals surface area contributed by atoms with E-state index in [4.69, 9.17) is 15.0 Å². The SMILES string of the molecule is NC(CN1CCOCC1)c1noc(-c2cccc(I)c2)n1. The molecule has 1 unspecified atom stereocenters. The molecule has 0 radical (unpaired) electrons. The Morgan fingerprint density at radius 3 is 2.90 bits per heavy atom. The smallest absolute Gasteiger partial charge is 0.258 e. The van der Waals surface area contributed by atoms with Gasteiger partial charge >= 0.3 is 0 Å². The van der Waals surface area contributed by atoms with Gasteiger partial charge in [-0.15, -0.1) is 0 Å². The van der Waals surface area contributed by atoms with Crippen molar-refractivity contribution in [1.29, 1.82) is 0 Å². The number of hydrogen-bond donors (Lipinski definition) is 1. The molecule has 7 heteroatoms. The van der Waals surface area contributed by atoms with Gasteiger partial charge in [-0.2, -0.15) is 4.98 Å². The van der Waals surface area contributed by atoms with Crippen LogP contribution in [0.3, 0.4) is 0 Å². The minimum absolute atomic E-state index is 0.247. The van der Waals surface area contributed by atoms with Gasteiger partial charge in [0.05, 0.1) is 19.3 Å². The van der Waals surface area contributed by atoms with E-state index in [-0.39, 0.29) is 6.04 Å². The lowest BCUT2D eigenvalue weighted by Gasteiger charge is -2.27. The van der Waals surface area contributed by atoms with Crippen molar-refractivity contribution in [3.8, 4) is 11.5 Å². The number of nitrogens with two attached hydrogens (primary N) is 1. The summed E-state index contributed by atoms with van der Waals surface area (Å²) in [6.07, 6.45) is 0. The van der Waals surface area contributed by atoms with Crippen molar-refractivity contribution >= 4 is 22.6 Å². The van der Waals surface area contributed by atoms with Gasteiger partial charge < -0.3 is 15.0 Å². The second kappa shape index (κ2) is 6.82. The molecule has 0 saturated carbocycles. The Labute approximate surface area is 136 Å². The van der Waals surface area contributed by atoms with Gasteiger partial charge in [-0.1, -0.05) is 11.2 Å². The Hall–Kier alpha value is -1.03. The molecule has 0 spiro atoms. The third kappa shape index (κ3) is 3.79. The van der Waals surface area contributed by atoms with Crippen molar-refractivity contribution in [2.45, 2.75) is 6.04 Å². The summed E-state index contributed by atoms with van der Waals surface area (Å²) in [6.45, 7) is 4.03. The van der Waals surface area contributed by atoms with Crippen LogP contribution >= 0.6 is 22.6 Å². The van der Waals surface area contributed by atoms with E-state index in [0.717, 1.165) is 35.4 Å². The Bertz CT molecular complexity index is 598. The zero-order valence-corrected chi connectivity index (χ0v) is 13.7. The minimum Gasteiger partial charge on any atom is -0.379 e. The first-order chi connectivity index (χ1) is 10.2. The lowest BCUT2D eigenvalue weighted by Crippen LogP contribution is -2.40. The lowest BCUT2D eigenvalue weighted by atomic mass is 10.2. The third-order valence-corrected chi connectivity index (χ3v) is 4.07. The van der Waals surface area contributed by atoms with Gasteiger partial charge in [0.2, 0.25) is 0 Å². The van der Waals surface area contributed by atoms with Crippen molar-refractivity contribution in [2.75, 3.05) is 32.8 Å². The topological polar surface area (TPSA) is 77.4 Å². The molecule has 6 nitrogen and oxygen atoms in total. The molecule has 3 rings (SSSR count). The Kier molecular flexibility index (Phi) is 4.84. The van der Waals surface area contributed by atoms with Crippen LogP contribution in [0.4, 0.5) is 0 Å². The summed E-state index contributed by atoms with van der Waals surface area (Å²) < 4.78 is 11.8. The van der Waals surface area contributed by atoms with E-state index in [1.165, 1.54) is 0 Å². The van der Waals surface area contributed by atoms with Crippen LogP contribution in [0.1, 0.15) is 11.9 Å². The minimum atomic E-state index is -0.247. The summed E-state index contributed by atoms with van der Waals surface area (Å²) in [6, 6.07) is 7.70. The zero-order valence-electron chi connectivity index (χ0n) is 11.5. The predicted octanol–water partition coefficient (Wildman–Crippen LogP) is 1.67. The van der Waals surface area contributed by atoms with E-state index < -0.39 is 0 Å². The van der Waals surface area contributed by atoms with Crippen LogP contribution < -0.4 is 5.73 Å². The molecule has 1 aromatic heterocycles. The number of nitrogens with zero attached hydrogens (tertiary/aromatic N) is 3. The van der Waals surface area contributed by atoms with E-state index in [9.17, 15) is 0 Å². The summed E-state index contributed by atoms with van der Waals surface area (Å²) >= 11 is 2.26. The molecule has 2 heterocycles. The van der Waals surface area contributed by atoms with Crippen LogP contribution in [0.25, 0.3) is 11.5 Å². The number of benzene rings is 1. The zero-order chi connectivity index (χ0) is 14.7. The van der Waals surface area contributed by atoms with Crippen molar-refractivity contribution in [3.05, 3.63) is 33.7 Å². The molecule has 2 aromatic rings. The van der Waals surface area contributed by atoms with Gasteiger partial charge in [0, 0.05) is 28.8 Å². The lowest BCUT2D eigenvalue weighted by molar-refractivity contribution is 0.0348. The molecular weight excluding hydrogens is 383 g/mol. The third-order valence-electron chi connectivity index (χ3n) is 3.40. The molecule has 1 saturated heterocycles. The molecule has 1 aliphatic rings. The van der Waals surface area contributed by atoms with Crippen molar-refractivity contribution in [2.24, 2.45) is 5.73 Å². The van der Waals surface area contributed by atoms with E-state index >= 15 is 0 Å². The second-order valence-corrected chi connectivity index (χ2v) is 6.23. The van der Waals surface area contributed by atoms with Gasteiger partial charge in [-0.3, -0.25) is 4.90 Å². The molecule has 1 aromatic carbocycles. The summed E-state index contributed by atoms with van der Waals surface area (Å²) in [5.41, 5.74) is 7.09. The van der Waals surface area contributed by atoms with Gasteiger partial charge in [0.25, 0.3) is 5.89 Å². The van der Waals surface area contributed by atoms with Gasteiger partial charge in [0.15, 0.2) is 5.82 Å².